The van der Waals surface area contributed by atoms with Gasteiger partial charge in [-0.15, -0.1) is 0 Å². The van der Waals surface area contributed by atoms with Crippen LogP contribution in [0.3, 0.4) is 0 Å². The molecule has 0 radical (unpaired) electrons. The van der Waals surface area contributed by atoms with E-state index in [-0.39, 0.29) is 11.7 Å². The fourth-order valence-electron chi connectivity index (χ4n) is 1.81. The highest BCUT2D eigenvalue weighted by Gasteiger charge is 2.41. The molecule has 1 aliphatic heterocycles. The van der Waals surface area contributed by atoms with Crippen molar-refractivity contribution >= 4 is 0 Å². The Balaban J connectivity index is 2.36. The number of hydrogen-bond donors (Lipinski definition) is 0. The van der Waals surface area contributed by atoms with Gasteiger partial charge in [-0.2, -0.15) is 0 Å². The summed E-state index contributed by atoms with van der Waals surface area (Å²) in [5.41, 5.74) is -0.127. The summed E-state index contributed by atoms with van der Waals surface area (Å²) in [6.45, 7) is 7.55. The first-order valence-electron chi connectivity index (χ1n) is 4.87. The topological polar surface area (TPSA) is 27.7 Å². The zero-order valence-electron chi connectivity index (χ0n) is 9.00. The summed E-state index contributed by atoms with van der Waals surface area (Å²) < 4.78 is 16.3. The molecule has 1 aliphatic rings. The first-order valence-corrected chi connectivity index (χ1v) is 4.87. The van der Waals surface area contributed by atoms with Gasteiger partial charge in [0.25, 0.3) is 0 Å². The van der Waals surface area contributed by atoms with Crippen LogP contribution in [-0.4, -0.2) is 38.1 Å². The molecule has 1 fully saturated rings. The summed E-state index contributed by atoms with van der Waals surface area (Å²) in [6, 6.07) is 0. The molecule has 0 aromatic rings. The van der Waals surface area contributed by atoms with Gasteiger partial charge >= 0.3 is 0 Å². The van der Waals surface area contributed by atoms with E-state index in [1.54, 1.807) is 7.11 Å². The van der Waals surface area contributed by atoms with E-state index in [1.165, 1.54) is 0 Å². The van der Waals surface area contributed by atoms with Crippen LogP contribution in [0.1, 0.15) is 27.2 Å². The van der Waals surface area contributed by atoms with Crippen molar-refractivity contribution in [1.29, 1.82) is 0 Å². The van der Waals surface area contributed by atoms with Crippen molar-refractivity contribution in [3.8, 4) is 0 Å². The lowest BCUT2D eigenvalue weighted by molar-refractivity contribution is -0.0870. The Hall–Kier alpha value is -0.120. The molecule has 3 heteroatoms. The minimum Gasteiger partial charge on any atom is -0.382 e. The SMILES string of the molecule is COCCO[C@]1(C)C[C@@H](C)O[C@H]1C. The van der Waals surface area contributed by atoms with Gasteiger partial charge in [0.1, 0.15) is 0 Å². The van der Waals surface area contributed by atoms with Gasteiger partial charge in [-0.05, 0) is 20.8 Å². The van der Waals surface area contributed by atoms with Crippen molar-refractivity contribution in [1.82, 2.24) is 0 Å². The fraction of sp³-hybridized carbons (Fsp3) is 1.00. The lowest BCUT2D eigenvalue weighted by Gasteiger charge is -2.27. The molecule has 3 nitrogen and oxygen atoms in total. The van der Waals surface area contributed by atoms with E-state index in [0.29, 0.717) is 19.3 Å². The smallest absolute Gasteiger partial charge is 0.0938 e. The van der Waals surface area contributed by atoms with Gasteiger partial charge in [-0.1, -0.05) is 0 Å². The Labute approximate surface area is 80.4 Å². The van der Waals surface area contributed by atoms with Crippen molar-refractivity contribution in [3.63, 3.8) is 0 Å². The van der Waals surface area contributed by atoms with E-state index in [1.807, 2.05) is 0 Å². The van der Waals surface area contributed by atoms with Gasteiger partial charge < -0.3 is 14.2 Å². The molecule has 0 N–H and O–H groups in total. The molecule has 3 atom stereocenters. The molecule has 13 heavy (non-hydrogen) atoms. The molecular weight excluding hydrogens is 168 g/mol. The average molecular weight is 188 g/mol. The Morgan fingerprint density at radius 1 is 1.38 bits per heavy atom. The first kappa shape index (κ1) is 11.0. The van der Waals surface area contributed by atoms with Crippen LogP contribution < -0.4 is 0 Å². The van der Waals surface area contributed by atoms with Crippen LogP contribution in [0.15, 0.2) is 0 Å². The summed E-state index contributed by atoms with van der Waals surface area (Å²) in [7, 11) is 1.68. The number of ether oxygens (including phenoxy) is 3. The third-order valence-electron chi connectivity index (χ3n) is 2.71. The molecule has 1 heterocycles. The number of methoxy groups -OCH3 is 1. The van der Waals surface area contributed by atoms with E-state index in [4.69, 9.17) is 14.2 Å². The zero-order chi connectivity index (χ0) is 9.90. The molecule has 0 spiro atoms. The molecule has 1 rings (SSSR count). The molecule has 0 amide bonds. The van der Waals surface area contributed by atoms with Gasteiger partial charge in [0, 0.05) is 13.5 Å². The van der Waals surface area contributed by atoms with Gasteiger partial charge in [0.05, 0.1) is 31.0 Å². The zero-order valence-corrected chi connectivity index (χ0v) is 9.00. The predicted molar refractivity (Wildman–Crippen MR) is 50.9 cm³/mol. The van der Waals surface area contributed by atoms with Crippen LogP contribution >= 0.6 is 0 Å². The van der Waals surface area contributed by atoms with E-state index in [0.717, 1.165) is 6.42 Å². The van der Waals surface area contributed by atoms with E-state index >= 15 is 0 Å². The second kappa shape index (κ2) is 4.40. The standard InChI is InChI=1S/C10H20O3/c1-8-7-10(3,9(2)13-8)12-6-5-11-4/h8-9H,5-7H2,1-4H3/t8-,9+,10-/m1/s1. The maximum Gasteiger partial charge on any atom is 0.0938 e. The van der Waals surface area contributed by atoms with Gasteiger partial charge in [0.15, 0.2) is 0 Å². The van der Waals surface area contributed by atoms with E-state index in [9.17, 15) is 0 Å². The molecular formula is C10H20O3. The molecule has 0 aromatic heterocycles. The van der Waals surface area contributed by atoms with E-state index < -0.39 is 0 Å². The van der Waals surface area contributed by atoms with Gasteiger partial charge in [0.2, 0.25) is 0 Å². The summed E-state index contributed by atoms with van der Waals surface area (Å²) in [6.07, 6.45) is 1.46. The first-order chi connectivity index (χ1) is 6.08. The van der Waals surface area contributed by atoms with Crippen LogP contribution in [0.25, 0.3) is 0 Å². The van der Waals surface area contributed by atoms with Crippen LogP contribution in [0, 0.1) is 0 Å². The highest BCUT2D eigenvalue weighted by molar-refractivity contribution is 4.90. The average Bonchev–Trinajstić information content (AvgIpc) is 2.27. The van der Waals surface area contributed by atoms with Crippen LogP contribution in [0.5, 0.6) is 0 Å². The highest BCUT2D eigenvalue weighted by Crippen LogP contribution is 2.33. The number of rotatable bonds is 4. The van der Waals surface area contributed by atoms with Crippen molar-refractivity contribution in [2.24, 2.45) is 0 Å². The minimum atomic E-state index is -0.127. The quantitative estimate of drug-likeness (QED) is 0.627. The summed E-state index contributed by atoms with van der Waals surface area (Å²) >= 11 is 0. The minimum absolute atomic E-state index is 0.127. The second-order valence-corrected chi connectivity index (χ2v) is 3.95. The highest BCUT2D eigenvalue weighted by atomic mass is 16.6. The Morgan fingerprint density at radius 3 is 2.54 bits per heavy atom. The number of hydrogen-bond acceptors (Lipinski definition) is 3. The molecule has 0 aliphatic carbocycles. The van der Waals surface area contributed by atoms with Crippen molar-refractivity contribution in [2.75, 3.05) is 20.3 Å². The molecule has 0 bridgehead atoms. The van der Waals surface area contributed by atoms with E-state index in [2.05, 4.69) is 20.8 Å². The molecule has 78 valence electrons. The maximum absolute atomic E-state index is 5.76. The lowest BCUT2D eigenvalue weighted by Crippen LogP contribution is -2.37. The van der Waals surface area contributed by atoms with Crippen LogP contribution in [0.4, 0.5) is 0 Å². The predicted octanol–water partition coefficient (Wildman–Crippen LogP) is 1.61. The van der Waals surface area contributed by atoms with Gasteiger partial charge in [-0.3, -0.25) is 0 Å². The Morgan fingerprint density at radius 2 is 2.08 bits per heavy atom. The van der Waals surface area contributed by atoms with Crippen molar-refractivity contribution < 1.29 is 14.2 Å². The third-order valence-corrected chi connectivity index (χ3v) is 2.71. The molecule has 0 aromatic carbocycles. The maximum atomic E-state index is 5.76. The normalized spacial score (nSPS) is 39.7. The third kappa shape index (κ3) is 2.66. The summed E-state index contributed by atoms with van der Waals surface area (Å²) in [4.78, 5) is 0. The largest absolute Gasteiger partial charge is 0.382 e. The lowest BCUT2D eigenvalue weighted by atomic mass is 9.97. The molecule has 1 saturated heterocycles. The summed E-state index contributed by atoms with van der Waals surface area (Å²) in [5, 5.41) is 0. The van der Waals surface area contributed by atoms with Gasteiger partial charge in [-0.25, -0.2) is 0 Å². The Bertz CT molecular complexity index is 160. The van der Waals surface area contributed by atoms with Crippen LogP contribution in [-0.2, 0) is 14.2 Å². The van der Waals surface area contributed by atoms with Crippen LogP contribution in [0.2, 0.25) is 0 Å². The monoisotopic (exact) mass is 188 g/mol. The summed E-state index contributed by atoms with van der Waals surface area (Å²) in [5.74, 6) is 0. The second-order valence-electron chi connectivity index (χ2n) is 3.95. The Kier molecular flexibility index (Phi) is 3.71. The van der Waals surface area contributed by atoms with Crippen molar-refractivity contribution in [3.05, 3.63) is 0 Å². The molecule has 0 unspecified atom stereocenters. The van der Waals surface area contributed by atoms with Crippen molar-refractivity contribution in [2.45, 2.75) is 45.0 Å². The molecule has 0 saturated carbocycles. The fourth-order valence-corrected chi connectivity index (χ4v) is 1.81.